The smallest absolute Gasteiger partial charge is 0.123 e. The topological polar surface area (TPSA) is 30.2 Å². The van der Waals surface area contributed by atoms with Crippen molar-refractivity contribution in [2.45, 2.75) is 10.8 Å². The molecule has 124 valence electrons. The Morgan fingerprint density at radius 2 is 1.92 bits per heavy atom. The van der Waals surface area contributed by atoms with Gasteiger partial charge in [-0.15, -0.1) is 0 Å². The van der Waals surface area contributed by atoms with Gasteiger partial charge in [-0.2, -0.15) is 5.10 Å². The first-order valence-electron chi connectivity index (χ1n) is 7.66. The van der Waals surface area contributed by atoms with E-state index in [1.165, 1.54) is 12.1 Å². The second-order valence-corrected chi connectivity index (χ2v) is 6.92. The quantitative estimate of drug-likeness (QED) is 0.446. The molecule has 0 aliphatic heterocycles. The van der Waals surface area contributed by atoms with Crippen molar-refractivity contribution in [1.29, 1.82) is 0 Å². The molecule has 0 bridgehead atoms. The molecule has 4 rings (SSSR count). The van der Waals surface area contributed by atoms with Crippen molar-refractivity contribution in [1.82, 2.24) is 14.6 Å². The third kappa shape index (κ3) is 3.52. The van der Waals surface area contributed by atoms with Gasteiger partial charge in [-0.05, 0) is 48.0 Å². The van der Waals surface area contributed by atoms with Crippen LogP contribution in [0, 0.1) is 5.82 Å². The van der Waals surface area contributed by atoms with E-state index in [0.717, 1.165) is 38.1 Å². The first kappa shape index (κ1) is 16.1. The van der Waals surface area contributed by atoms with Crippen molar-refractivity contribution in [2.24, 2.45) is 0 Å². The number of hydrogen-bond donors (Lipinski definition) is 0. The van der Waals surface area contributed by atoms with E-state index in [4.69, 9.17) is 11.6 Å². The number of nitrogens with zero attached hydrogens (tertiary/aromatic N) is 3. The molecular weight excluding hydrogens is 357 g/mol. The first-order valence-corrected chi connectivity index (χ1v) is 9.03. The molecule has 0 N–H and O–H groups in total. The predicted molar refractivity (Wildman–Crippen MR) is 99.4 cm³/mol. The number of thioether (sulfide) groups is 1. The molecule has 0 amide bonds. The molecular formula is C19H13ClFN3S. The largest absolute Gasteiger partial charge is 0.246 e. The molecule has 2 aromatic carbocycles. The van der Waals surface area contributed by atoms with E-state index in [-0.39, 0.29) is 5.82 Å². The highest BCUT2D eigenvalue weighted by Gasteiger charge is 2.10. The number of benzene rings is 2. The number of halogens is 2. The zero-order valence-electron chi connectivity index (χ0n) is 13.1. The van der Waals surface area contributed by atoms with Crippen LogP contribution in [-0.4, -0.2) is 14.6 Å². The molecule has 0 atom stereocenters. The van der Waals surface area contributed by atoms with E-state index in [2.05, 4.69) is 10.1 Å². The molecule has 0 aliphatic rings. The molecule has 2 heterocycles. The summed E-state index contributed by atoms with van der Waals surface area (Å²) in [5.74, 6) is 0.511. The van der Waals surface area contributed by atoms with Crippen molar-refractivity contribution < 1.29 is 4.39 Å². The monoisotopic (exact) mass is 369 g/mol. The number of fused-ring (bicyclic) bond motifs is 1. The normalized spacial score (nSPS) is 11.1. The van der Waals surface area contributed by atoms with Gasteiger partial charge in [0.05, 0.1) is 11.2 Å². The van der Waals surface area contributed by atoms with E-state index < -0.39 is 0 Å². The Morgan fingerprint density at radius 3 is 2.72 bits per heavy atom. The van der Waals surface area contributed by atoms with E-state index in [0.29, 0.717) is 0 Å². The zero-order valence-corrected chi connectivity index (χ0v) is 14.6. The van der Waals surface area contributed by atoms with E-state index >= 15 is 0 Å². The third-order valence-electron chi connectivity index (χ3n) is 3.76. The molecule has 0 radical (unpaired) electrons. The van der Waals surface area contributed by atoms with Gasteiger partial charge >= 0.3 is 0 Å². The number of rotatable bonds is 4. The predicted octanol–water partition coefficient (Wildman–Crippen LogP) is 5.48. The van der Waals surface area contributed by atoms with Crippen molar-refractivity contribution in [3.8, 4) is 11.3 Å². The Labute approximate surface area is 153 Å². The minimum Gasteiger partial charge on any atom is -0.246 e. The summed E-state index contributed by atoms with van der Waals surface area (Å²) in [6, 6.07) is 16.1. The highest BCUT2D eigenvalue weighted by Crippen LogP contribution is 2.28. The van der Waals surface area contributed by atoms with Crippen LogP contribution < -0.4 is 0 Å². The van der Waals surface area contributed by atoms with Gasteiger partial charge in [0, 0.05) is 28.7 Å². The van der Waals surface area contributed by atoms with Gasteiger partial charge < -0.3 is 0 Å². The number of aromatic nitrogens is 3. The molecule has 0 unspecified atom stereocenters. The fourth-order valence-electron chi connectivity index (χ4n) is 2.55. The second-order valence-electron chi connectivity index (χ2n) is 5.52. The van der Waals surface area contributed by atoms with Crippen LogP contribution in [0.15, 0.2) is 72.0 Å². The van der Waals surface area contributed by atoms with Gasteiger partial charge in [-0.3, -0.25) is 0 Å². The molecule has 6 heteroatoms. The molecule has 0 fully saturated rings. The second kappa shape index (κ2) is 6.86. The van der Waals surface area contributed by atoms with Crippen LogP contribution >= 0.6 is 23.4 Å². The standard InChI is InChI=1S/C19H13ClFN3S/c20-15-3-1-2-13(10-15)12-25-19-18-11-17(23-24(18)9-8-22-19)14-4-6-16(21)7-5-14/h1-11H,12H2. The summed E-state index contributed by atoms with van der Waals surface area (Å²) in [5.41, 5.74) is 3.72. The molecule has 25 heavy (non-hydrogen) atoms. The highest BCUT2D eigenvalue weighted by molar-refractivity contribution is 7.98. The maximum Gasteiger partial charge on any atom is 0.123 e. The Balaban J connectivity index is 1.64. The van der Waals surface area contributed by atoms with Crippen molar-refractivity contribution >= 4 is 28.9 Å². The van der Waals surface area contributed by atoms with Crippen LogP contribution in [0.1, 0.15) is 5.56 Å². The van der Waals surface area contributed by atoms with Crippen LogP contribution in [0.3, 0.4) is 0 Å². The van der Waals surface area contributed by atoms with Crippen molar-refractivity contribution in [3.05, 3.63) is 83.4 Å². The van der Waals surface area contributed by atoms with Crippen LogP contribution in [-0.2, 0) is 5.75 Å². The Bertz CT molecular complexity index is 1030. The van der Waals surface area contributed by atoms with Gasteiger partial charge in [-0.25, -0.2) is 13.9 Å². The Kier molecular flexibility index (Phi) is 4.42. The van der Waals surface area contributed by atoms with Crippen molar-refractivity contribution in [2.75, 3.05) is 0 Å². The molecule has 0 aliphatic carbocycles. The molecule has 0 spiro atoms. The van der Waals surface area contributed by atoms with Crippen molar-refractivity contribution in [3.63, 3.8) is 0 Å². The van der Waals surface area contributed by atoms with Gasteiger partial charge in [0.1, 0.15) is 10.8 Å². The minimum absolute atomic E-state index is 0.257. The summed E-state index contributed by atoms with van der Waals surface area (Å²) in [6.07, 6.45) is 3.54. The zero-order chi connectivity index (χ0) is 17.2. The molecule has 0 saturated heterocycles. The van der Waals surface area contributed by atoms with Crippen LogP contribution in [0.4, 0.5) is 4.39 Å². The van der Waals surface area contributed by atoms with E-state index in [1.54, 1.807) is 34.6 Å². The van der Waals surface area contributed by atoms with E-state index in [9.17, 15) is 4.39 Å². The molecule has 4 aromatic rings. The first-order chi connectivity index (χ1) is 12.2. The van der Waals surface area contributed by atoms with Crippen LogP contribution in [0.2, 0.25) is 5.02 Å². The van der Waals surface area contributed by atoms with E-state index in [1.807, 2.05) is 36.5 Å². The lowest BCUT2D eigenvalue weighted by Gasteiger charge is -2.03. The Hall–Kier alpha value is -2.37. The summed E-state index contributed by atoms with van der Waals surface area (Å²) < 4.78 is 14.9. The number of hydrogen-bond acceptors (Lipinski definition) is 3. The summed E-state index contributed by atoms with van der Waals surface area (Å²) in [5, 5.41) is 6.18. The van der Waals surface area contributed by atoms with Gasteiger partial charge in [0.2, 0.25) is 0 Å². The van der Waals surface area contributed by atoms with Gasteiger partial charge in [0.15, 0.2) is 0 Å². The molecule has 0 saturated carbocycles. The summed E-state index contributed by atoms with van der Waals surface area (Å²) in [7, 11) is 0. The SMILES string of the molecule is Fc1ccc(-c2cc3c(SCc4cccc(Cl)c4)nccn3n2)cc1. The third-order valence-corrected chi connectivity index (χ3v) is 5.06. The van der Waals surface area contributed by atoms with Gasteiger partial charge in [-0.1, -0.05) is 35.5 Å². The van der Waals surface area contributed by atoms with Gasteiger partial charge in [0.25, 0.3) is 0 Å². The Morgan fingerprint density at radius 1 is 1.08 bits per heavy atom. The average Bonchev–Trinajstić information content (AvgIpc) is 3.05. The maximum absolute atomic E-state index is 13.1. The summed E-state index contributed by atoms with van der Waals surface area (Å²) in [6.45, 7) is 0. The van der Waals surface area contributed by atoms with Crippen LogP contribution in [0.25, 0.3) is 16.8 Å². The highest BCUT2D eigenvalue weighted by atomic mass is 35.5. The maximum atomic E-state index is 13.1. The average molecular weight is 370 g/mol. The summed E-state index contributed by atoms with van der Waals surface area (Å²) >= 11 is 7.67. The van der Waals surface area contributed by atoms with Crippen LogP contribution in [0.5, 0.6) is 0 Å². The lowest BCUT2D eigenvalue weighted by Crippen LogP contribution is -1.91. The summed E-state index contributed by atoms with van der Waals surface area (Å²) in [4.78, 5) is 4.47. The molecule has 2 aromatic heterocycles. The lowest BCUT2D eigenvalue weighted by atomic mass is 10.1. The lowest BCUT2D eigenvalue weighted by molar-refractivity contribution is 0.628. The minimum atomic E-state index is -0.257. The fourth-order valence-corrected chi connectivity index (χ4v) is 3.68. The fraction of sp³-hybridized carbons (Fsp3) is 0.0526. The molecule has 3 nitrogen and oxygen atoms in total.